The Balaban J connectivity index is 1.76. The number of rotatable bonds is 6. The average Bonchev–Trinajstić information content (AvgIpc) is 2.68. The Bertz CT molecular complexity index is 963. The highest BCUT2D eigenvalue weighted by atomic mass is 35.5. The number of hydrogen-bond donors (Lipinski definition) is 2. The zero-order valence-corrected chi connectivity index (χ0v) is 15.6. The topological polar surface area (TPSA) is 72.5 Å². The first-order chi connectivity index (χ1) is 13.1. The van der Waals surface area contributed by atoms with E-state index >= 15 is 0 Å². The van der Waals surface area contributed by atoms with E-state index in [1.807, 2.05) is 6.07 Å². The van der Waals surface area contributed by atoms with Crippen LogP contribution in [0.3, 0.4) is 0 Å². The predicted molar refractivity (Wildman–Crippen MR) is 106 cm³/mol. The Morgan fingerprint density at radius 3 is 2.48 bits per heavy atom. The maximum atomic E-state index is 12.5. The van der Waals surface area contributed by atoms with Gasteiger partial charge in [-0.3, -0.25) is 9.78 Å². The van der Waals surface area contributed by atoms with Gasteiger partial charge >= 0.3 is 0 Å². The smallest absolute Gasteiger partial charge is 0.257 e. The van der Waals surface area contributed by atoms with Crippen LogP contribution in [-0.4, -0.2) is 25.1 Å². The highest BCUT2D eigenvalue weighted by Gasteiger charge is 2.09. The lowest BCUT2D eigenvalue weighted by Crippen LogP contribution is -2.12. The van der Waals surface area contributed by atoms with E-state index in [9.17, 15) is 4.79 Å². The molecule has 0 radical (unpaired) electrons. The normalized spacial score (nSPS) is 10.2. The highest BCUT2D eigenvalue weighted by molar-refractivity contribution is 6.31. The molecule has 0 aliphatic carbocycles. The lowest BCUT2D eigenvalue weighted by atomic mass is 10.2. The molecule has 1 heterocycles. The second kappa shape index (κ2) is 8.42. The largest absolute Gasteiger partial charge is 0.493 e. The van der Waals surface area contributed by atoms with Crippen molar-refractivity contribution in [1.29, 1.82) is 0 Å². The summed E-state index contributed by atoms with van der Waals surface area (Å²) in [4.78, 5) is 16.6. The molecule has 0 unspecified atom stereocenters. The van der Waals surface area contributed by atoms with Crippen LogP contribution in [-0.2, 0) is 0 Å². The average molecular weight is 384 g/mol. The molecule has 0 aliphatic heterocycles. The third-order valence-corrected chi connectivity index (χ3v) is 3.99. The zero-order chi connectivity index (χ0) is 19.2. The van der Waals surface area contributed by atoms with Crippen molar-refractivity contribution in [2.45, 2.75) is 0 Å². The summed E-state index contributed by atoms with van der Waals surface area (Å²) in [6.07, 6.45) is 3.13. The van der Waals surface area contributed by atoms with Crippen molar-refractivity contribution in [3.63, 3.8) is 0 Å². The number of nitrogens with zero attached hydrogens (tertiary/aromatic N) is 1. The minimum Gasteiger partial charge on any atom is -0.493 e. The molecule has 0 fully saturated rings. The molecule has 0 saturated carbocycles. The van der Waals surface area contributed by atoms with Crippen molar-refractivity contribution in [3.8, 4) is 11.5 Å². The number of ether oxygens (including phenoxy) is 2. The Morgan fingerprint density at radius 1 is 0.926 bits per heavy atom. The number of amides is 1. The van der Waals surface area contributed by atoms with E-state index in [1.165, 1.54) is 6.20 Å². The summed E-state index contributed by atoms with van der Waals surface area (Å²) in [5, 5.41) is 6.55. The van der Waals surface area contributed by atoms with E-state index in [-0.39, 0.29) is 5.91 Å². The third kappa shape index (κ3) is 4.68. The number of hydrogen-bond acceptors (Lipinski definition) is 5. The number of methoxy groups -OCH3 is 2. The van der Waals surface area contributed by atoms with Gasteiger partial charge in [0, 0.05) is 28.7 Å². The van der Waals surface area contributed by atoms with E-state index in [0.29, 0.717) is 33.5 Å². The van der Waals surface area contributed by atoms with Gasteiger partial charge in [-0.05, 0) is 36.4 Å². The van der Waals surface area contributed by atoms with Gasteiger partial charge in [0.05, 0.1) is 31.7 Å². The van der Waals surface area contributed by atoms with E-state index in [0.717, 1.165) is 5.69 Å². The SMILES string of the molecule is COc1ccc(Nc2cncc(C(=O)Nc3cccc(Cl)c3)c2)cc1OC. The van der Waals surface area contributed by atoms with Crippen LogP contribution < -0.4 is 20.1 Å². The first-order valence-electron chi connectivity index (χ1n) is 8.10. The second-order valence-electron chi connectivity index (χ2n) is 5.62. The molecule has 2 N–H and O–H groups in total. The molecule has 0 atom stereocenters. The first kappa shape index (κ1) is 18.5. The predicted octanol–water partition coefficient (Wildman–Crippen LogP) is 4.75. The standard InChI is InChI=1S/C20H18ClN3O3/c1-26-18-7-6-16(10-19(18)27-2)23-17-8-13(11-22-12-17)20(25)24-15-5-3-4-14(21)9-15/h3-12,23H,1-2H3,(H,24,25). The van der Waals surface area contributed by atoms with Gasteiger partial charge in [0.25, 0.3) is 5.91 Å². The summed E-state index contributed by atoms with van der Waals surface area (Å²) in [6, 6.07) is 14.1. The van der Waals surface area contributed by atoms with Crippen molar-refractivity contribution in [2.75, 3.05) is 24.9 Å². The molecule has 3 aromatic rings. The summed E-state index contributed by atoms with van der Waals surface area (Å²) in [5.41, 5.74) is 2.48. The fourth-order valence-corrected chi connectivity index (χ4v) is 2.67. The van der Waals surface area contributed by atoms with Gasteiger partial charge in [-0.1, -0.05) is 17.7 Å². The summed E-state index contributed by atoms with van der Waals surface area (Å²) in [7, 11) is 3.15. The molecule has 0 aliphatic rings. The number of benzene rings is 2. The van der Waals surface area contributed by atoms with E-state index < -0.39 is 0 Å². The van der Waals surface area contributed by atoms with Gasteiger partial charge in [-0.25, -0.2) is 0 Å². The monoisotopic (exact) mass is 383 g/mol. The summed E-state index contributed by atoms with van der Waals surface area (Å²) in [6.45, 7) is 0. The Morgan fingerprint density at radius 2 is 1.74 bits per heavy atom. The fourth-order valence-electron chi connectivity index (χ4n) is 2.48. The van der Waals surface area contributed by atoms with E-state index in [2.05, 4.69) is 15.6 Å². The molecule has 0 saturated heterocycles. The van der Waals surface area contributed by atoms with Gasteiger partial charge in [-0.15, -0.1) is 0 Å². The zero-order valence-electron chi connectivity index (χ0n) is 14.8. The molecular formula is C20H18ClN3O3. The van der Waals surface area contributed by atoms with Crippen LogP contribution in [0.15, 0.2) is 60.9 Å². The van der Waals surface area contributed by atoms with E-state index in [4.69, 9.17) is 21.1 Å². The van der Waals surface area contributed by atoms with Crippen molar-refractivity contribution >= 4 is 34.6 Å². The number of pyridine rings is 1. The molecule has 1 aromatic heterocycles. The molecule has 0 spiro atoms. The number of halogens is 1. The summed E-state index contributed by atoms with van der Waals surface area (Å²) in [5.74, 6) is 0.960. The van der Waals surface area contributed by atoms with Crippen LogP contribution in [0.5, 0.6) is 11.5 Å². The van der Waals surface area contributed by atoms with Gasteiger partial charge in [0.15, 0.2) is 11.5 Å². The molecule has 27 heavy (non-hydrogen) atoms. The minimum atomic E-state index is -0.277. The van der Waals surface area contributed by atoms with Gasteiger partial charge in [0.2, 0.25) is 0 Å². The maximum Gasteiger partial charge on any atom is 0.257 e. The van der Waals surface area contributed by atoms with Crippen molar-refractivity contribution < 1.29 is 14.3 Å². The van der Waals surface area contributed by atoms with Crippen LogP contribution in [0.1, 0.15) is 10.4 Å². The van der Waals surface area contributed by atoms with Crippen molar-refractivity contribution in [1.82, 2.24) is 4.98 Å². The van der Waals surface area contributed by atoms with Crippen LogP contribution in [0.25, 0.3) is 0 Å². The van der Waals surface area contributed by atoms with Crippen LogP contribution >= 0.6 is 11.6 Å². The van der Waals surface area contributed by atoms with E-state index in [1.54, 1.807) is 62.9 Å². The van der Waals surface area contributed by atoms with Gasteiger partial charge in [-0.2, -0.15) is 0 Å². The Hall–Kier alpha value is -3.25. The number of nitrogens with one attached hydrogen (secondary N) is 2. The maximum absolute atomic E-state index is 12.5. The fraction of sp³-hybridized carbons (Fsp3) is 0.100. The molecule has 138 valence electrons. The first-order valence-corrected chi connectivity index (χ1v) is 8.48. The lowest BCUT2D eigenvalue weighted by molar-refractivity contribution is 0.102. The Labute approximate surface area is 162 Å². The summed E-state index contributed by atoms with van der Waals surface area (Å²) >= 11 is 5.94. The number of aromatic nitrogens is 1. The minimum absolute atomic E-state index is 0.277. The molecule has 3 rings (SSSR count). The van der Waals surface area contributed by atoms with Crippen molar-refractivity contribution in [2.24, 2.45) is 0 Å². The van der Waals surface area contributed by atoms with Crippen molar-refractivity contribution in [3.05, 3.63) is 71.5 Å². The van der Waals surface area contributed by atoms with Gasteiger partial charge < -0.3 is 20.1 Å². The highest BCUT2D eigenvalue weighted by Crippen LogP contribution is 2.31. The molecule has 0 bridgehead atoms. The van der Waals surface area contributed by atoms with Crippen LogP contribution in [0, 0.1) is 0 Å². The molecule has 7 heteroatoms. The summed E-state index contributed by atoms with van der Waals surface area (Å²) < 4.78 is 10.5. The third-order valence-electron chi connectivity index (χ3n) is 3.76. The van der Waals surface area contributed by atoms with Crippen LogP contribution in [0.2, 0.25) is 5.02 Å². The molecule has 1 amide bonds. The lowest BCUT2D eigenvalue weighted by Gasteiger charge is -2.12. The van der Waals surface area contributed by atoms with Gasteiger partial charge in [0.1, 0.15) is 0 Å². The molecular weight excluding hydrogens is 366 g/mol. The van der Waals surface area contributed by atoms with Crippen LogP contribution in [0.4, 0.5) is 17.1 Å². The molecule has 2 aromatic carbocycles. The number of carbonyl (C=O) groups is 1. The quantitative estimate of drug-likeness (QED) is 0.642. The molecule has 6 nitrogen and oxygen atoms in total. The number of anilines is 3. The Kier molecular flexibility index (Phi) is 5.78. The second-order valence-corrected chi connectivity index (χ2v) is 6.06. The number of carbonyl (C=O) groups excluding carboxylic acids is 1.